The van der Waals surface area contributed by atoms with Gasteiger partial charge in [-0.3, -0.25) is 4.99 Å². The molecule has 0 fully saturated rings. The summed E-state index contributed by atoms with van der Waals surface area (Å²) in [6, 6.07) is 6.27. The number of rotatable bonds is 6. The third kappa shape index (κ3) is 6.86. The fraction of sp³-hybridized carbons (Fsp3) is 0.333. The maximum atomic E-state index is 12.5. The monoisotopic (exact) mass is 549 g/mol. The molecule has 28 heavy (non-hydrogen) atoms. The molecule has 1 heterocycles. The predicted octanol–water partition coefficient (Wildman–Crippen LogP) is 2.55. The zero-order valence-electron chi connectivity index (χ0n) is 14.9. The number of hydrogen-bond acceptors (Lipinski definition) is 5. The van der Waals surface area contributed by atoms with E-state index in [4.69, 9.17) is 0 Å². The minimum atomic E-state index is -4.46. The predicted molar refractivity (Wildman–Crippen MR) is 112 cm³/mol. The van der Waals surface area contributed by atoms with E-state index in [0.717, 1.165) is 22.3 Å². The molecule has 1 aromatic carbocycles. The van der Waals surface area contributed by atoms with Crippen LogP contribution in [0.1, 0.15) is 16.3 Å². The fourth-order valence-corrected chi connectivity index (χ4v) is 3.46. The van der Waals surface area contributed by atoms with Gasteiger partial charge in [0.05, 0.1) is 11.4 Å². The van der Waals surface area contributed by atoms with Gasteiger partial charge >= 0.3 is 6.18 Å². The van der Waals surface area contributed by atoms with Crippen LogP contribution in [-0.4, -0.2) is 33.5 Å². The van der Waals surface area contributed by atoms with Crippen molar-refractivity contribution in [2.24, 2.45) is 4.99 Å². The minimum Gasteiger partial charge on any atom is -0.352 e. The first-order valence-corrected chi connectivity index (χ1v) is 10.0. The second-order valence-corrected chi connectivity index (χ2v) is 8.08. The van der Waals surface area contributed by atoms with Gasteiger partial charge in [-0.2, -0.15) is 13.2 Å². The van der Waals surface area contributed by atoms with Crippen LogP contribution < -0.4 is 15.4 Å². The van der Waals surface area contributed by atoms with Crippen LogP contribution in [0.25, 0.3) is 0 Å². The highest BCUT2D eigenvalue weighted by Gasteiger charge is 2.33. The van der Waals surface area contributed by atoms with Crippen molar-refractivity contribution in [3.63, 3.8) is 0 Å². The van der Waals surface area contributed by atoms with Crippen LogP contribution in [0.2, 0.25) is 0 Å². The highest BCUT2D eigenvalue weighted by molar-refractivity contribution is 14.0. The molecule has 2 aromatic rings. The molecule has 0 radical (unpaired) electrons. The Labute approximate surface area is 181 Å². The van der Waals surface area contributed by atoms with Crippen molar-refractivity contribution < 1.29 is 21.6 Å². The number of guanidine groups is 1. The van der Waals surface area contributed by atoms with Crippen LogP contribution in [-0.2, 0) is 29.3 Å². The molecule has 0 amide bonds. The van der Waals surface area contributed by atoms with Crippen LogP contribution in [0, 0.1) is 0 Å². The summed E-state index contributed by atoms with van der Waals surface area (Å²) in [7, 11) is -0.628. The number of aliphatic imine (C=N–C) groups is 1. The first kappa shape index (κ1) is 24.6. The molecule has 0 saturated carbocycles. The van der Waals surface area contributed by atoms with Crippen LogP contribution in [0.5, 0.6) is 0 Å². The molecule has 0 bridgehead atoms. The lowest BCUT2D eigenvalue weighted by Gasteiger charge is -2.11. The van der Waals surface area contributed by atoms with Crippen molar-refractivity contribution >= 4 is 51.3 Å². The summed E-state index contributed by atoms with van der Waals surface area (Å²) in [6.45, 7) is 0.449. The van der Waals surface area contributed by atoms with Gasteiger partial charge in [-0.05, 0) is 24.7 Å². The van der Waals surface area contributed by atoms with Gasteiger partial charge in [-0.1, -0.05) is 12.1 Å². The highest BCUT2D eigenvalue weighted by atomic mass is 127. The van der Waals surface area contributed by atoms with Crippen LogP contribution in [0.4, 0.5) is 13.2 Å². The number of benzene rings is 1. The van der Waals surface area contributed by atoms with Crippen LogP contribution >= 0.6 is 35.3 Å². The van der Waals surface area contributed by atoms with Gasteiger partial charge in [-0.15, -0.1) is 35.3 Å². The lowest BCUT2D eigenvalue weighted by Crippen LogP contribution is -2.36. The molecule has 13 heteroatoms. The fourth-order valence-electron chi connectivity index (χ4n) is 1.99. The van der Waals surface area contributed by atoms with Crippen molar-refractivity contribution in [2.75, 3.05) is 14.1 Å². The number of nitrogens with one attached hydrogen (secondary N) is 3. The molecule has 2 rings (SSSR count). The van der Waals surface area contributed by atoms with Gasteiger partial charge in [0, 0.05) is 19.0 Å². The maximum Gasteiger partial charge on any atom is 0.434 e. The first-order valence-electron chi connectivity index (χ1n) is 7.64. The Morgan fingerprint density at radius 3 is 2.29 bits per heavy atom. The molecular weight excluding hydrogens is 530 g/mol. The lowest BCUT2D eigenvalue weighted by molar-refractivity contribution is -0.140. The summed E-state index contributed by atoms with van der Waals surface area (Å²) in [5, 5.41) is 7.12. The summed E-state index contributed by atoms with van der Waals surface area (Å²) in [5.74, 6) is 0.380. The largest absolute Gasteiger partial charge is 0.434 e. The van der Waals surface area contributed by atoms with Crippen LogP contribution in [0.15, 0.2) is 39.5 Å². The average Bonchev–Trinajstić information content (AvgIpc) is 3.12. The number of sulfonamides is 1. The molecule has 1 aromatic heterocycles. The van der Waals surface area contributed by atoms with Crippen molar-refractivity contribution in [3.05, 3.63) is 45.9 Å². The Balaban J connectivity index is 0.00000392. The minimum absolute atomic E-state index is 0. The molecule has 0 aliphatic carbocycles. The van der Waals surface area contributed by atoms with Gasteiger partial charge < -0.3 is 10.6 Å². The summed E-state index contributed by atoms with van der Waals surface area (Å²) in [5.41, 5.74) is -0.106. The van der Waals surface area contributed by atoms with E-state index in [1.54, 1.807) is 12.1 Å². The van der Waals surface area contributed by atoms with Crippen LogP contribution in [0.3, 0.4) is 0 Å². The van der Waals surface area contributed by atoms with E-state index in [1.807, 2.05) is 0 Å². The molecule has 0 aliphatic rings. The van der Waals surface area contributed by atoms with Gasteiger partial charge in [0.15, 0.2) is 11.7 Å². The average molecular weight is 549 g/mol. The summed E-state index contributed by atoms with van der Waals surface area (Å²) >= 11 is 0.910. The Bertz CT molecular complexity index is 899. The van der Waals surface area contributed by atoms with E-state index in [2.05, 4.69) is 25.3 Å². The standard InChI is InChI=1S/C15H18F3N5O2S2.HI/c1-19-14(22-8-13-23-12(9-26-13)15(16,17)18)21-7-10-3-5-11(6-4-10)27(24,25)20-2;/h3-6,9,20H,7-8H2,1-2H3,(H2,19,21,22);1H. The Kier molecular flexibility index (Phi) is 9.10. The Morgan fingerprint density at radius 2 is 1.79 bits per heavy atom. The maximum absolute atomic E-state index is 12.5. The summed E-state index contributed by atoms with van der Waals surface area (Å²) in [6.07, 6.45) is -4.46. The molecule has 156 valence electrons. The Morgan fingerprint density at radius 1 is 1.18 bits per heavy atom. The highest BCUT2D eigenvalue weighted by Crippen LogP contribution is 2.29. The quantitative estimate of drug-likeness (QED) is 0.293. The Hall–Kier alpha value is -1.45. The van der Waals surface area contributed by atoms with Gasteiger partial charge in [-0.25, -0.2) is 18.1 Å². The number of hydrogen-bond donors (Lipinski definition) is 3. The zero-order chi connectivity index (χ0) is 20.1. The van der Waals surface area contributed by atoms with Gasteiger partial charge in [0.1, 0.15) is 5.01 Å². The molecule has 0 spiro atoms. The molecule has 7 nitrogen and oxygen atoms in total. The second-order valence-electron chi connectivity index (χ2n) is 5.26. The molecule has 0 unspecified atom stereocenters. The van der Waals surface area contributed by atoms with Crippen molar-refractivity contribution in [1.29, 1.82) is 0 Å². The second kappa shape index (κ2) is 10.4. The number of alkyl halides is 3. The van der Waals surface area contributed by atoms with E-state index >= 15 is 0 Å². The van der Waals surface area contributed by atoms with Crippen molar-refractivity contribution in [2.45, 2.75) is 24.2 Å². The smallest absolute Gasteiger partial charge is 0.352 e. The SMILES string of the molecule is CN=C(NCc1ccc(S(=O)(=O)NC)cc1)NCc1nc(C(F)(F)F)cs1.I. The lowest BCUT2D eigenvalue weighted by atomic mass is 10.2. The number of aromatic nitrogens is 1. The molecule has 0 aliphatic heterocycles. The topological polar surface area (TPSA) is 95.5 Å². The molecule has 0 saturated heterocycles. The summed E-state index contributed by atoms with van der Waals surface area (Å²) < 4.78 is 63.2. The van der Waals surface area contributed by atoms with E-state index in [1.165, 1.54) is 26.2 Å². The van der Waals surface area contributed by atoms with E-state index in [9.17, 15) is 21.6 Å². The molecule has 3 N–H and O–H groups in total. The number of nitrogens with zero attached hydrogens (tertiary/aromatic N) is 2. The third-order valence-electron chi connectivity index (χ3n) is 3.44. The van der Waals surface area contributed by atoms with E-state index < -0.39 is 21.9 Å². The first-order chi connectivity index (χ1) is 12.7. The molecular formula is C15H19F3IN5O2S2. The third-order valence-corrected chi connectivity index (χ3v) is 5.71. The van der Waals surface area contributed by atoms with Crippen molar-refractivity contribution in [3.8, 4) is 0 Å². The van der Waals surface area contributed by atoms with E-state index in [0.29, 0.717) is 12.5 Å². The number of thiazole rings is 1. The molecule has 0 atom stereocenters. The zero-order valence-corrected chi connectivity index (χ0v) is 18.8. The van der Waals surface area contributed by atoms with Gasteiger partial charge in [0.25, 0.3) is 0 Å². The van der Waals surface area contributed by atoms with Gasteiger partial charge in [0.2, 0.25) is 10.0 Å². The normalized spacial score (nSPS) is 12.4. The number of halogens is 4. The van der Waals surface area contributed by atoms with Crippen molar-refractivity contribution in [1.82, 2.24) is 20.3 Å². The van der Waals surface area contributed by atoms with E-state index in [-0.39, 0.29) is 40.4 Å². The summed E-state index contributed by atoms with van der Waals surface area (Å²) in [4.78, 5) is 7.67.